The van der Waals surface area contributed by atoms with Crippen LogP contribution >= 0.6 is 0 Å². The Kier molecular flexibility index (Phi) is 6.63. The van der Waals surface area contributed by atoms with E-state index in [4.69, 9.17) is 9.47 Å². The number of aromatic nitrogens is 6. The summed E-state index contributed by atoms with van der Waals surface area (Å²) in [6, 6.07) is 14.3. The Morgan fingerprint density at radius 3 is 2.78 bits per heavy atom. The number of anilines is 1. The standard InChI is InChI=1S/C26H23FN8O2/c1-3-37-24-10-16(4-5-18(24)22-14-32-34-33-22)21-12-25(31-15-30-21)29-8-9-35-17(13-28)11-19-23(36-2)7-6-20(27)26(19)35/h4-7,10-12,14-15H,3,8-9H2,1-2H3,(H,29,30,31)(H,32,33,34). The van der Waals surface area contributed by atoms with Gasteiger partial charge in [0.15, 0.2) is 0 Å². The van der Waals surface area contributed by atoms with Gasteiger partial charge in [0, 0.05) is 35.7 Å². The molecule has 2 aromatic carbocycles. The molecule has 2 N–H and O–H groups in total. The monoisotopic (exact) mass is 498 g/mol. The third-order valence-corrected chi connectivity index (χ3v) is 5.90. The van der Waals surface area contributed by atoms with Crippen molar-refractivity contribution in [3.8, 4) is 40.1 Å². The van der Waals surface area contributed by atoms with Crippen molar-refractivity contribution in [2.75, 3.05) is 25.6 Å². The summed E-state index contributed by atoms with van der Waals surface area (Å²) in [6.45, 7) is 3.17. The average molecular weight is 499 g/mol. The number of halogens is 1. The third-order valence-electron chi connectivity index (χ3n) is 5.90. The molecule has 0 radical (unpaired) electrons. The highest BCUT2D eigenvalue weighted by molar-refractivity contribution is 5.88. The minimum absolute atomic E-state index is 0.331. The Bertz CT molecular complexity index is 1590. The normalized spacial score (nSPS) is 10.9. The smallest absolute Gasteiger partial charge is 0.147 e. The van der Waals surface area contributed by atoms with Crippen molar-refractivity contribution in [3.63, 3.8) is 0 Å². The number of nitrogens with zero attached hydrogens (tertiary/aromatic N) is 6. The highest BCUT2D eigenvalue weighted by atomic mass is 19.1. The van der Waals surface area contributed by atoms with Crippen molar-refractivity contribution >= 4 is 16.7 Å². The molecule has 0 spiro atoms. The Morgan fingerprint density at radius 1 is 1.14 bits per heavy atom. The lowest BCUT2D eigenvalue weighted by Crippen LogP contribution is -2.13. The molecular formula is C26H23FN8O2. The highest BCUT2D eigenvalue weighted by Crippen LogP contribution is 2.33. The van der Waals surface area contributed by atoms with E-state index in [-0.39, 0.29) is 0 Å². The molecule has 0 fully saturated rings. The number of benzene rings is 2. The Morgan fingerprint density at radius 2 is 2.03 bits per heavy atom. The van der Waals surface area contributed by atoms with Gasteiger partial charge in [-0.25, -0.2) is 14.4 Å². The van der Waals surface area contributed by atoms with E-state index in [1.54, 1.807) is 22.9 Å². The maximum Gasteiger partial charge on any atom is 0.147 e. The van der Waals surface area contributed by atoms with Gasteiger partial charge in [-0.15, -0.1) is 5.10 Å². The molecule has 0 amide bonds. The molecule has 0 saturated heterocycles. The number of ether oxygens (including phenoxy) is 2. The molecule has 0 unspecified atom stereocenters. The number of H-pyrrole nitrogens is 1. The molecule has 10 nitrogen and oxygen atoms in total. The molecule has 0 saturated carbocycles. The molecule has 5 aromatic rings. The molecule has 3 aromatic heterocycles. The second-order valence-corrected chi connectivity index (χ2v) is 8.03. The van der Waals surface area contributed by atoms with Crippen molar-refractivity contribution < 1.29 is 13.9 Å². The Hall–Kier alpha value is -4.98. The summed E-state index contributed by atoms with van der Waals surface area (Å²) in [4.78, 5) is 8.72. The zero-order chi connectivity index (χ0) is 25.8. The number of hydrogen-bond donors (Lipinski definition) is 2. The molecule has 5 rings (SSSR count). The first-order chi connectivity index (χ1) is 18.1. The summed E-state index contributed by atoms with van der Waals surface area (Å²) < 4.78 is 27.5. The number of hydrogen-bond acceptors (Lipinski definition) is 8. The van der Waals surface area contributed by atoms with E-state index in [9.17, 15) is 9.65 Å². The van der Waals surface area contributed by atoms with E-state index < -0.39 is 5.82 Å². The summed E-state index contributed by atoms with van der Waals surface area (Å²) in [5.41, 5.74) is 3.83. The molecular weight excluding hydrogens is 475 g/mol. The average Bonchev–Trinajstić information content (AvgIpc) is 3.58. The molecule has 37 heavy (non-hydrogen) atoms. The first-order valence-electron chi connectivity index (χ1n) is 11.6. The van der Waals surface area contributed by atoms with Gasteiger partial charge in [-0.3, -0.25) is 5.10 Å². The predicted octanol–water partition coefficient (Wildman–Crippen LogP) is 4.41. The van der Waals surface area contributed by atoms with Crippen molar-refractivity contribution in [3.05, 3.63) is 66.5 Å². The topological polar surface area (TPSA) is 127 Å². The SMILES string of the molecule is CCOc1cc(-c2cc(NCCn3c(C#N)cc4c(OC)ccc(F)c43)ncn2)ccc1-c1cnn[nH]1. The van der Waals surface area contributed by atoms with E-state index in [1.165, 1.54) is 19.5 Å². The molecule has 0 aliphatic carbocycles. The summed E-state index contributed by atoms with van der Waals surface area (Å²) in [5.74, 6) is 1.38. The van der Waals surface area contributed by atoms with Crippen LogP contribution in [0.4, 0.5) is 10.2 Å². The Labute approximate surface area is 211 Å². The molecule has 11 heteroatoms. The number of nitrogens with one attached hydrogen (secondary N) is 2. The van der Waals surface area contributed by atoms with Crippen LogP contribution < -0.4 is 14.8 Å². The minimum Gasteiger partial charge on any atom is -0.496 e. The first-order valence-corrected chi connectivity index (χ1v) is 11.6. The minimum atomic E-state index is -0.416. The van der Waals surface area contributed by atoms with E-state index in [1.807, 2.05) is 31.2 Å². The van der Waals surface area contributed by atoms with Crippen LogP contribution in [0.25, 0.3) is 33.4 Å². The van der Waals surface area contributed by atoms with Gasteiger partial charge >= 0.3 is 0 Å². The van der Waals surface area contributed by atoms with Gasteiger partial charge in [-0.1, -0.05) is 11.3 Å². The zero-order valence-electron chi connectivity index (χ0n) is 20.2. The van der Waals surface area contributed by atoms with Gasteiger partial charge in [-0.2, -0.15) is 5.26 Å². The van der Waals surface area contributed by atoms with Gasteiger partial charge < -0.3 is 19.4 Å². The second-order valence-electron chi connectivity index (χ2n) is 8.03. The summed E-state index contributed by atoms with van der Waals surface area (Å²) >= 11 is 0. The number of fused-ring (bicyclic) bond motifs is 1. The molecule has 0 bridgehead atoms. The van der Waals surface area contributed by atoms with Gasteiger partial charge in [-0.05, 0) is 37.3 Å². The fraction of sp³-hybridized carbons (Fsp3) is 0.192. The molecule has 0 atom stereocenters. The summed E-state index contributed by atoms with van der Waals surface area (Å²) in [7, 11) is 1.52. The van der Waals surface area contributed by atoms with E-state index in [0.29, 0.717) is 59.3 Å². The van der Waals surface area contributed by atoms with Gasteiger partial charge in [0.05, 0.1) is 36.8 Å². The van der Waals surface area contributed by atoms with E-state index in [2.05, 4.69) is 36.8 Å². The van der Waals surface area contributed by atoms with Crippen LogP contribution in [0.2, 0.25) is 0 Å². The molecule has 186 valence electrons. The number of nitriles is 1. The lowest BCUT2D eigenvalue weighted by molar-refractivity contribution is 0.341. The maximum absolute atomic E-state index is 14.7. The highest BCUT2D eigenvalue weighted by Gasteiger charge is 2.16. The van der Waals surface area contributed by atoms with Crippen LogP contribution in [0, 0.1) is 17.1 Å². The number of rotatable bonds is 9. The lowest BCUT2D eigenvalue weighted by Gasteiger charge is -2.12. The van der Waals surface area contributed by atoms with E-state index >= 15 is 0 Å². The largest absolute Gasteiger partial charge is 0.496 e. The Balaban J connectivity index is 1.37. The van der Waals surface area contributed by atoms with Crippen molar-refractivity contribution in [1.29, 1.82) is 5.26 Å². The number of methoxy groups -OCH3 is 1. The van der Waals surface area contributed by atoms with Gasteiger partial charge in [0.1, 0.15) is 41.2 Å². The van der Waals surface area contributed by atoms with Crippen molar-refractivity contribution in [2.24, 2.45) is 0 Å². The van der Waals surface area contributed by atoms with Crippen LogP contribution in [0.15, 0.2) is 55.0 Å². The predicted molar refractivity (Wildman–Crippen MR) is 136 cm³/mol. The fourth-order valence-electron chi connectivity index (χ4n) is 4.23. The molecule has 0 aliphatic heterocycles. The molecule has 3 heterocycles. The van der Waals surface area contributed by atoms with Crippen LogP contribution in [0.1, 0.15) is 12.6 Å². The molecule has 0 aliphatic rings. The van der Waals surface area contributed by atoms with Gasteiger partial charge in [0.2, 0.25) is 0 Å². The van der Waals surface area contributed by atoms with E-state index in [0.717, 1.165) is 16.8 Å². The lowest BCUT2D eigenvalue weighted by atomic mass is 10.1. The number of aromatic amines is 1. The fourth-order valence-corrected chi connectivity index (χ4v) is 4.23. The van der Waals surface area contributed by atoms with Crippen LogP contribution in [0.3, 0.4) is 0 Å². The van der Waals surface area contributed by atoms with Crippen LogP contribution in [-0.2, 0) is 6.54 Å². The maximum atomic E-state index is 14.7. The van der Waals surface area contributed by atoms with Gasteiger partial charge in [0.25, 0.3) is 0 Å². The quantitative estimate of drug-likeness (QED) is 0.306. The zero-order valence-corrected chi connectivity index (χ0v) is 20.2. The summed E-state index contributed by atoms with van der Waals surface area (Å²) in [6.07, 6.45) is 3.11. The van der Waals surface area contributed by atoms with Crippen molar-refractivity contribution in [1.82, 2.24) is 29.9 Å². The van der Waals surface area contributed by atoms with Crippen molar-refractivity contribution in [2.45, 2.75) is 13.5 Å². The van der Waals surface area contributed by atoms with Crippen LogP contribution in [-0.4, -0.2) is 50.2 Å². The summed E-state index contributed by atoms with van der Waals surface area (Å²) in [5, 5.41) is 23.9. The second kappa shape index (κ2) is 10.3. The third kappa shape index (κ3) is 4.64. The first kappa shape index (κ1) is 23.7. The van der Waals surface area contributed by atoms with Crippen LogP contribution in [0.5, 0.6) is 11.5 Å².